The van der Waals surface area contributed by atoms with Crippen molar-refractivity contribution in [3.63, 3.8) is 0 Å². The summed E-state index contributed by atoms with van der Waals surface area (Å²) in [6.07, 6.45) is -4.24. The Morgan fingerprint density at radius 3 is 2.18 bits per heavy atom. The highest BCUT2D eigenvalue weighted by molar-refractivity contribution is 5.08. The molecule has 1 aromatic rings. The van der Waals surface area contributed by atoms with Gasteiger partial charge in [-0.2, -0.15) is 0 Å². The molecule has 0 bridgehead atoms. The molecule has 5 unspecified atom stereocenters. The summed E-state index contributed by atoms with van der Waals surface area (Å²) in [7, 11) is 1.35. The largest absolute Gasteiger partial charge is 0.394 e. The smallest absolute Gasteiger partial charge is 0.126 e. The molecular formula is C13H22N2O7. The topological polar surface area (TPSA) is 156 Å². The molecular weight excluding hydrogens is 296 g/mol. The zero-order chi connectivity index (χ0) is 16.7. The average molecular weight is 318 g/mol. The van der Waals surface area contributed by atoms with Crippen molar-refractivity contribution >= 4 is 0 Å². The van der Waals surface area contributed by atoms with Crippen LogP contribution >= 0.6 is 0 Å². The Hall–Kier alpha value is -1.20. The van der Waals surface area contributed by atoms with Crippen LogP contribution in [-0.4, -0.2) is 85.3 Å². The number of ether oxygens (including phenoxy) is 1. The van der Waals surface area contributed by atoms with Crippen LogP contribution in [0.25, 0.3) is 0 Å². The lowest BCUT2D eigenvalue weighted by molar-refractivity contribution is -0.0847. The van der Waals surface area contributed by atoms with E-state index in [9.17, 15) is 25.5 Å². The molecule has 0 aromatic carbocycles. The third-order valence-electron chi connectivity index (χ3n) is 3.13. The standard InChI is InChI=1S/C13H22N2O7/c1-22-6-11(19)13(21)12(20)8-4-14-7(3-15-8)2-9(17)10(18)5-16/h3-4,9-13,16-21H,2,5-6H2,1H3. The summed E-state index contributed by atoms with van der Waals surface area (Å²) in [5.41, 5.74) is 0.381. The van der Waals surface area contributed by atoms with Crippen LogP contribution in [0.3, 0.4) is 0 Å². The first kappa shape index (κ1) is 18.8. The number of methoxy groups -OCH3 is 1. The third-order valence-corrected chi connectivity index (χ3v) is 3.13. The molecule has 0 aliphatic rings. The number of aromatic nitrogens is 2. The molecule has 22 heavy (non-hydrogen) atoms. The fraction of sp³-hybridized carbons (Fsp3) is 0.692. The first-order valence-corrected chi connectivity index (χ1v) is 6.71. The van der Waals surface area contributed by atoms with Crippen molar-refractivity contribution in [1.29, 1.82) is 0 Å². The minimum Gasteiger partial charge on any atom is -0.394 e. The van der Waals surface area contributed by atoms with Gasteiger partial charge in [0.2, 0.25) is 0 Å². The number of rotatable bonds is 9. The lowest BCUT2D eigenvalue weighted by Crippen LogP contribution is -2.35. The minimum absolute atomic E-state index is 0.0278. The predicted octanol–water partition coefficient (Wildman–Crippen LogP) is -2.87. The van der Waals surface area contributed by atoms with Crippen LogP contribution in [0.15, 0.2) is 12.4 Å². The number of nitrogens with zero attached hydrogens (tertiary/aromatic N) is 2. The van der Waals surface area contributed by atoms with Gasteiger partial charge >= 0.3 is 0 Å². The summed E-state index contributed by atoms with van der Waals surface area (Å²) in [4.78, 5) is 7.85. The zero-order valence-corrected chi connectivity index (χ0v) is 12.1. The highest BCUT2D eigenvalue weighted by Crippen LogP contribution is 2.17. The van der Waals surface area contributed by atoms with Gasteiger partial charge < -0.3 is 35.4 Å². The van der Waals surface area contributed by atoms with Crippen molar-refractivity contribution in [3.8, 4) is 0 Å². The van der Waals surface area contributed by atoms with Crippen LogP contribution in [0.1, 0.15) is 17.5 Å². The van der Waals surface area contributed by atoms with Gasteiger partial charge in [-0.05, 0) is 0 Å². The Bertz CT molecular complexity index is 431. The van der Waals surface area contributed by atoms with Crippen molar-refractivity contribution in [1.82, 2.24) is 9.97 Å². The van der Waals surface area contributed by atoms with E-state index in [1.807, 2.05) is 0 Å². The summed E-state index contributed by atoms with van der Waals surface area (Å²) in [5.74, 6) is 0. The summed E-state index contributed by atoms with van der Waals surface area (Å²) >= 11 is 0. The molecule has 0 fully saturated rings. The first-order chi connectivity index (χ1) is 10.4. The van der Waals surface area contributed by atoms with Gasteiger partial charge in [-0.25, -0.2) is 0 Å². The maximum atomic E-state index is 9.89. The number of aliphatic hydroxyl groups excluding tert-OH is 6. The Morgan fingerprint density at radius 1 is 1.00 bits per heavy atom. The van der Waals surface area contributed by atoms with E-state index < -0.39 is 37.1 Å². The molecule has 1 aromatic heterocycles. The number of aliphatic hydroxyl groups is 6. The molecule has 5 atom stereocenters. The van der Waals surface area contributed by atoms with Gasteiger partial charge in [-0.3, -0.25) is 9.97 Å². The van der Waals surface area contributed by atoms with E-state index in [4.69, 9.17) is 5.11 Å². The summed E-state index contributed by atoms with van der Waals surface area (Å²) in [6, 6.07) is 0. The van der Waals surface area contributed by atoms with E-state index in [1.165, 1.54) is 19.5 Å². The molecule has 6 N–H and O–H groups in total. The zero-order valence-electron chi connectivity index (χ0n) is 12.1. The van der Waals surface area contributed by atoms with Crippen molar-refractivity contribution in [2.24, 2.45) is 0 Å². The van der Waals surface area contributed by atoms with E-state index in [0.717, 1.165) is 0 Å². The van der Waals surface area contributed by atoms with Gasteiger partial charge in [0.05, 0.1) is 36.9 Å². The molecule has 1 rings (SSSR count). The number of hydrogen-bond donors (Lipinski definition) is 6. The van der Waals surface area contributed by atoms with Gasteiger partial charge in [-0.1, -0.05) is 0 Å². The minimum atomic E-state index is -1.48. The molecule has 126 valence electrons. The van der Waals surface area contributed by atoms with Crippen molar-refractivity contribution < 1.29 is 35.4 Å². The lowest BCUT2D eigenvalue weighted by atomic mass is 10.1. The summed E-state index contributed by atoms with van der Waals surface area (Å²) in [6.45, 7) is -0.718. The van der Waals surface area contributed by atoms with E-state index >= 15 is 0 Å². The summed E-state index contributed by atoms with van der Waals surface area (Å²) < 4.78 is 4.68. The first-order valence-electron chi connectivity index (χ1n) is 6.71. The molecule has 9 heteroatoms. The molecule has 0 aliphatic carbocycles. The molecule has 1 heterocycles. The van der Waals surface area contributed by atoms with Gasteiger partial charge in [0.15, 0.2) is 0 Å². The van der Waals surface area contributed by atoms with Crippen LogP contribution in [0.2, 0.25) is 0 Å². The second kappa shape index (κ2) is 9.06. The van der Waals surface area contributed by atoms with Crippen molar-refractivity contribution in [2.75, 3.05) is 20.3 Å². The maximum absolute atomic E-state index is 9.89. The van der Waals surface area contributed by atoms with Gasteiger partial charge in [0.25, 0.3) is 0 Å². The van der Waals surface area contributed by atoms with Crippen LogP contribution in [0, 0.1) is 0 Å². The van der Waals surface area contributed by atoms with E-state index in [2.05, 4.69) is 14.7 Å². The van der Waals surface area contributed by atoms with Crippen molar-refractivity contribution in [2.45, 2.75) is 36.9 Å². The van der Waals surface area contributed by atoms with Crippen LogP contribution < -0.4 is 0 Å². The fourth-order valence-electron chi connectivity index (χ4n) is 1.75. The van der Waals surface area contributed by atoms with Crippen LogP contribution in [0.5, 0.6) is 0 Å². The molecule has 0 saturated heterocycles. The Labute approximate surface area is 127 Å². The van der Waals surface area contributed by atoms with Gasteiger partial charge in [0.1, 0.15) is 24.4 Å². The fourth-order valence-corrected chi connectivity index (χ4v) is 1.75. The molecule has 0 amide bonds. The Morgan fingerprint density at radius 2 is 1.68 bits per heavy atom. The van der Waals surface area contributed by atoms with Crippen LogP contribution in [-0.2, 0) is 11.2 Å². The van der Waals surface area contributed by atoms with Gasteiger partial charge in [-0.15, -0.1) is 0 Å². The SMILES string of the molecule is COCC(O)C(O)C(O)c1cnc(CC(O)C(O)CO)cn1. The molecule has 9 nitrogen and oxygen atoms in total. The molecule has 0 aliphatic heterocycles. The third kappa shape index (κ3) is 5.21. The predicted molar refractivity (Wildman–Crippen MR) is 73.7 cm³/mol. The summed E-state index contributed by atoms with van der Waals surface area (Å²) in [5, 5.41) is 56.7. The molecule has 0 saturated carbocycles. The normalized spacial score (nSPS) is 18.5. The average Bonchev–Trinajstić information content (AvgIpc) is 2.53. The van der Waals surface area contributed by atoms with Gasteiger partial charge in [0, 0.05) is 19.7 Å². The maximum Gasteiger partial charge on any atom is 0.126 e. The Kier molecular flexibility index (Phi) is 7.76. The lowest BCUT2D eigenvalue weighted by Gasteiger charge is -2.22. The second-order valence-electron chi connectivity index (χ2n) is 4.91. The van der Waals surface area contributed by atoms with E-state index in [-0.39, 0.29) is 18.7 Å². The number of hydrogen-bond acceptors (Lipinski definition) is 9. The monoisotopic (exact) mass is 318 g/mol. The molecule has 0 radical (unpaired) electrons. The molecule has 0 spiro atoms. The van der Waals surface area contributed by atoms with Crippen molar-refractivity contribution in [3.05, 3.63) is 23.8 Å². The van der Waals surface area contributed by atoms with E-state index in [0.29, 0.717) is 5.69 Å². The van der Waals surface area contributed by atoms with Crippen LogP contribution in [0.4, 0.5) is 0 Å². The second-order valence-corrected chi connectivity index (χ2v) is 4.91. The quantitative estimate of drug-likeness (QED) is 0.282. The Balaban J connectivity index is 2.67. The van der Waals surface area contributed by atoms with E-state index in [1.54, 1.807) is 0 Å². The highest BCUT2D eigenvalue weighted by Gasteiger charge is 2.27. The highest BCUT2D eigenvalue weighted by atomic mass is 16.5.